The molecule has 0 radical (unpaired) electrons. The van der Waals surface area contributed by atoms with Crippen LogP contribution >= 0.6 is 0 Å². The van der Waals surface area contributed by atoms with Crippen LogP contribution in [0.15, 0.2) is 12.1 Å². The van der Waals surface area contributed by atoms with E-state index in [-0.39, 0.29) is 30.3 Å². The molecular weight excluding hydrogens is 386 g/mol. The number of hydrogen-bond donors (Lipinski definition) is 3. The first-order valence-electron chi connectivity index (χ1n) is 9.50. The second kappa shape index (κ2) is 6.94. The third-order valence-electron chi connectivity index (χ3n) is 5.83. The highest BCUT2D eigenvalue weighted by molar-refractivity contribution is 6.03. The number of anilines is 1. The monoisotopic (exact) mass is 408 g/mol. The summed E-state index contributed by atoms with van der Waals surface area (Å²) in [5.41, 5.74) is 3.57. The van der Waals surface area contributed by atoms with E-state index in [0.717, 1.165) is 18.9 Å². The van der Waals surface area contributed by atoms with Crippen LogP contribution in [0.3, 0.4) is 0 Å². The van der Waals surface area contributed by atoms with Gasteiger partial charge in [0.25, 0.3) is 5.91 Å². The van der Waals surface area contributed by atoms with Gasteiger partial charge in [-0.2, -0.15) is 0 Å². The molecular formula is C19H22F2N4O4. The zero-order valence-electron chi connectivity index (χ0n) is 15.8. The van der Waals surface area contributed by atoms with E-state index in [1.165, 1.54) is 4.90 Å². The van der Waals surface area contributed by atoms with Crippen molar-refractivity contribution < 1.29 is 27.9 Å². The number of ether oxygens (including phenoxy) is 1. The molecule has 1 aliphatic carbocycles. The molecule has 8 nitrogen and oxygen atoms in total. The minimum Gasteiger partial charge on any atom is -0.473 e. The number of fused-ring (bicyclic) bond motifs is 1. The van der Waals surface area contributed by atoms with Gasteiger partial charge in [0, 0.05) is 18.6 Å². The molecule has 2 fully saturated rings. The Morgan fingerprint density at radius 3 is 2.76 bits per heavy atom. The first-order valence-corrected chi connectivity index (χ1v) is 9.50. The van der Waals surface area contributed by atoms with E-state index in [2.05, 4.69) is 10.6 Å². The normalized spacial score (nSPS) is 26.7. The van der Waals surface area contributed by atoms with Crippen LogP contribution in [-0.4, -0.2) is 53.9 Å². The molecule has 3 aliphatic rings. The van der Waals surface area contributed by atoms with Crippen LogP contribution in [-0.2, 0) is 14.4 Å². The number of benzene rings is 1. The van der Waals surface area contributed by atoms with E-state index >= 15 is 0 Å². The smallest absolute Gasteiger partial charge is 0.270 e. The van der Waals surface area contributed by atoms with Crippen LogP contribution in [0, 0.1) is 17.6 Å². The summed E-state index contributed by atoms with van der Waals surface area (Å²) in [4.78, 5) is 39.2. The van der Waals surface area contributed by atoms with Gasteiger partial charge in [0.1, 0.15) is 17.5 Å². The summed E-state index contributed by atoms with van der Waals surface area (Å²) in [7, 11) is 1.65. The summed E-state index contributed by atoms with van der Waals surface area (Å²) < 4.78 is 33.3. The van der Waals surface area contributed by atoms with Crippen molar-refractivity contribution in [3.63, 3.8) is 0 Å². The van der Waals surface area contributed by atoms with Crippen molar-refractivity contribution >= 4 is 23.4 Å². The largest absolute Gasteiger partial charge is 0.473 e. The molecule has 10 heteroatoms. The molecule has 29 heavy (non-hydrogen) atoms. The van der Waals surface area contributed by atoms with Crippen molar-refractivity contribution in [1.29, 1.82) is 0 Å². The fourth-order valence-electron chi connectivity index (χ4n) is 4.06. The molecule has 1 aromatic carbocycles. The fraction of sp³-hybridized carbons (Fsp3) is 0.526. The average molecular weight is 408 g/mol. The summed E-state index contributed by atoms with van der Waals surface area (Å²) in [6, 6.07) is -0.00375. The first kappa shape index (κ1) is 19.6. The number of rotatable bonds is 5. The van der Waals surface area contributed by atoms with Crippen molar-refractivity contribution in [3.8, 4) is 5.75 Å². The van der Waals surface area contributed by atoms with Gasteiger partial charge in [0.15, 0.2) is 11.6 Å². The predicted molar refractivity (Wildman–Crippen MR) is 97.8 cm³/mol. The van der Waals surface area contributed by atoms with E-state index in [4.69, 9.17) is 10.5 Å². The maximum Gasteiger partial charge on any atom is 0.270 e. The summed E-state index contributed by atoms with van der Waals surface area (Å²) in [5, 5.41) is 5.34. The lowest BCUT2D eigenvalue weighted by atomic mass is 9.96. The molecule has 1 spiro atoms. The molecule has 3 amide bonds. The van der Waals surface area contributed by atoms with E-state index in [1.807, 2.05) is 0 Å². The number of nitrogens with one attached hydrogen (secondary N) is 2. The Labute approximate surface area is 165 Å². The highest BCUT2D eigenvalue weighted by Gasteiger charge is 2.57. The summed E-state index contributed by atoms with van der Waals surface area (Å²) in [6.07, 6.45) is 2.52. The minimum atomic E-state index is -1.65. The summed E-state index contributed by atoms with van der Waals surface area (Å²) >= 11 is 0. The van der Waals surface area contributed by atoms with E-state index in [0.29, 0.717) is 18.4 Å². The minimum absolute atomic E-state index is 0.192. The molecule has 156 valence electrons. The Bertz CT molecular complexity index is 891. The van der Waals surface area contributed by atoms with Crippen LogP contribution in [0.2, 0.25) is 0 Å². The topological polar surface area (TPSA) is 114 Å². The van der Waals surface area contributed by atoms with E-state index in [1.54, 1.807) is 7.05 Å². The Balaban J connectivity index is 1.64. The van der Waals surface area contributed by atoms with Crippen molar-refractivity contribution in [1.82, 2.24) is 10.2 Å². The van der Waals surface area contributed by atoms with Gasteiger partial charge in [-0.05, 0) is 19.4 Å². The number of hydrogen-bond acceptors (Lipinski definition) is 5. The molecule has 2 heterocycles. The lowest BCUT2D eigenvalue weighted by Crippen LogP contribution is -2.55. The Morgan fingerprint density at radius 1 is 1.41 bits per heavy atom. The molecule has 1 unspecified atom stereocenters. The Morgan fingerprint density at radius 2 is 2.14 bits per heavy atom. The zero-order valence-corrected chi connectivity index (χ0v) is 15.8. The van der Waals surface area contributed by atoms with Crippen LogP contribution in [0.25, 0.3) is 0 Å². The highest BCUT2D eigenvalue weighted by Crippen LogP contribution is 2.42. The number of nitrogens with zero attached hydrogens (tertiary/aromatic N) is 1. The molecule has 1 aromatic rings. The number of halogens is 2. The molecule has 4 N–H and O–H groups in total. The second-order valence-electron chi connectivity index (χ2n) is 7.92. The standard InChI is InChI=1S/C19H22F2N4O4/c1-23-12(4-9-2-3-9)17(27)25-8-19(7-13(25)16(22)26)18(28)24-15-11(21)5-10(20)6-14(15)29-19/h5-6,9,12-13,23H,2-4,7-8H2,1H3,(H2,22,26)(H,24,28)/t12?,13-,19+/m0/s1. The van der Waals surface area contributed by atoms with Crippen molar-refractivity contribution in [2.24, 2.45) is 11.7 Å². The van der Waals surface area contributed by atoms with Crippen LogP contribution in [0.1, 0.15) is 25.7 Å². The number of likely N-dealkylation sites (tertiary alicyclic amines) is 1. The SMILES string of the molecule is CNC(CC1CC1)C(=O)N1C[C@@]2(C[C@H]1C(N)=O)Oc1cc(F)cc(F)c1NC2=O. The second-order valence-corrected chi connectivity index (χ2v) is 7.92. The quantitative estimate of drug-likeness (QED) is 0.657. The molecule has 3 atom stereocenters. The van der Waals surface area contributed by atoms with Crippen LogP contribution in [0.5, 0.6) is 5.75 Å². The molecule has 1 saturated carbocycles. The number of likely N-dealkylation sites (N-methyl/N-ethyl adjacent to an activating group) is 1. The van der Waals surface area contributed by atoms with Crippen molar-refractivity contribution in [3.05, 3.63) is 23.8 Å². The first-order chi connectivity index (χ1) is 13.7. The van der Waals surface area contributed by atoms with Gasteiger partial charge in [-0.25, -0.2) is 8.78 Å². The molecule has 2 aliphatic heterocycles. The number of carbonyl (C=O) groups excluding carboxylic acids is 3. The zero-order chi connectivity index (χ0) is 20.9. The predicted octanol–water partition coefficient (Wildman–Crippen LogP) is 0.509. The number of amides is 3. The van der Waals surface area contributed by atoms with Gasteiger partial charge in [0.05, 0.1) is 12.6 Å². The van der Waals surface area contributed by atoms with Crippen LogP contribution < -0.4 is 21.1 Å². The number of nitrogens with two attached hydrogens (primary N) is 1. The number of carbonyl (C=O) groups is 3. The lowest BCUT2D eigenvalue weighted by Gasteiger charge is -2.34. The maximum atomic E-state index is 14.0. The summed E-state index contributed by atoms with van der Waals surface area (Å²) in [5.74, 6) is -3.42. The average Bonchev–Trinajstić information content (AvgIpc) is 3.40. The third kappa shape index (κ3) is 3.41. The lowest BCUT2D eigenvalue weighted by molar-refractivity contribution is -0.140. The van der Waals surface area contributed by atoms with E-state index in [9.17, 15) is 23.2 Å². The van der Waals surface area contributed by atoms with Crippen LogP contribution in [0.4, 0.5) is 14.5 Å². The van der Waals surface area contributed by atoms with Gasteiger partial charge >= 0.3 is 0 Å². The summed E-state index contributed by atoms with van der Waals surface area (Å²) in [6.45, 7) is -0.244. The van der Waals surface area contributed by atoms with Gasteiger partial charge in [-0.15, -0.1) is 0 Å². The van der Waals surface area contributed by atoms with Gasteiger partial charge < -0.3 is 26.0 Å². The van der Waals surface area contributed by atoms with E-state index < -0.39 is 41.1 Å². The fourth-order valence-corrected chi connectivity index (χ4v) is 4.06. The van der Waals surface area contributed by atoms with Gasteiger partial charge in [-0.3, -0.25) is 14.4 Å². The van der Waals surface area contributed by atoms with Gasteiger partial charge in [-0.1, -0.05) is 12.8 Å². The Hall–Kier alpha value is -2.75. The van der Waals surface area contributed by atoms with Crippen molar-refractivity contribution in [2.45, 2.75) is 43.4 Å². The molecule has 0 bridgehead atoms. The molecule has 1 saturated heterocycles. The highest BCUT2D eigenvalue weighted by atomic mass is 19.1. The molecule has 4 rings (SSSR count). The Kier molecular flexibility index (Phi) is 4.68. The van der Waals surface area contributed by atoms with Crippen molar-refractivity contribution in [2.75, 3.05) is 18.9 Å². The third-order valence-corrected chi connectivity index (χ3v) is 5.83. The maximum absolute atomic E-state index is 14.0. The number of primary amides is 1. The molecule has 0 aromatic heterocycles. The van der Waals surface area contributed by atoms with Gasteiger partial charge in [0.2, 0.25) is 17.4 Å².